The lowest BCUT2D eigenvalue weighted by molar-refractivity contribution is -0.134. The van der Waals surface area contributed by atoms with E-state index in [1.807, 2.05) is 0 Å². The Morgan fingerprint density at radius 3 is 2.79 bits per heavy atom. The third-order valence-corrected chi connectivity index (χ3v) is 3.08. The summed E-state index contributed by atoms with van der Waals surface area (Å²) in [5, 5.41) is 0. The van der Waals surface area contributed by atoms with Gasteiger partial charge in [-0.25, -0.2) is 0 Å². The second kappa shape index (κ2) is 6.05. The first-order chi connectivity index (χ1) is 6.77. The van der Waals surface area contributed by atoms with Crippen molar-refractivity contribution in [3.8, 4) is 0 Å². The van der Waals surface area contributed by atoms with Gasteiger partial charge in [-0.2, -0.15) is 0 Å². The molecule has 0 aromatic carbocycles. The van der Waals surface area contributed by atoms with Crippen LogP contribution in [-0.2, 0) is 4.79 Å². The lowest BCUT2D eigenvalue weighted by Crippen LogP contribution is -2.40. The van der Waals surface area contributed by atoms with E-state index < -0.39 is 0 Å². The summed E-state index contributed by atoms with van der Waals surface area (Å²) in [4.78, 5) is 13.7. The molecule has 1 aliphatic heterocycles. The quantitative estimate of drug-likeness (QED) is 0.663. The first-order valence-corrected chi connectivity index (χ1v) is 6.05. The van der Waals surface area contributed by atoms with Crippen molar-refractivity contribution in [2.75, 3.05) is 13.1 Å². The summed E-state index contributed by atoms with van der Waals surface area (Å²) in [7, 11) is 0. The molecule has 14 heavy (non-hydrogen) atoms. The third kappa shape index (κ3) is 3.32. The summed E-state index contributed by atoms with van der Waals surface area (Å²) in [6.45, 7) is 6.41. The van der Waals surface area contributed by atoms with Crippen LogP contribution in [0.4, 0.5) is 0 Å². The number of rotatable bonds is 5. The zero-order valence-electron chi connectivity index (χ0n) is 9.59. The van der Waals surface area contributed by atoms with Gasteiger partial charge in [0.05, 0.1) is 0 Å². The molecule has 0 radical (unpaired) electrons. The van der Waals surface area contributed by atoms with Crippen molar-refractivity contribution in [3.05, 3.63) is 0 Å². The maximum Gasteiger partial charge on any atom is 0.222 e. The molecule has 1 unspecified atom stereocenters. The molecule has 0 aromatic heterocycles. The van der Waals surface area contributed by atoms with Crippen LogP contribution in [-0.4, -0.2) is 23.9 Å². The molecule has 2 nitrogen and oxygen atoms in total. The molecule has 1 rings (SSSR count). The largest absolute Gasteiger partial charge is 0.342 e. The predicted molar refractivity (Wildman–Crippen MR) is 59.1 cm³/mol. The second-order valence-electron chi connectivity index (χ2n) is 4.39. The van der Waals surface area contributed by atoms with Crippen LogP contribution in [0.1, 0.15) is 52.4 Å². The van der Waals surface area contributed by atoms with Crippen molar-refractivity contribution in [1.29, 1.82) is 0 Å². The fraction of sp³-hybridized carbons (Fsp3) is 0.917. The molecule has 0 saturated carbocycles. The van der Waals surface area contributed by atoms with E-state index in [-0.39, 0.29) is 0 Å². The normalized spacial score (nSPS) is 22.9. The van der Waals surface area contributed by atoms with Crippen LogP contribution in [0.3, 0.4) is 0 Å². The van der Waals surface area contributed by atoms with E-state index in [2.05, 4.69) is 18.7 Å². The number of carbonyl (C=O) groups excluding carboxylic acids is 1. The highest BCUT2D eigenvalue weighted by Crippen LogP contribution is 2.21. The van der Waals surface area contributed by atoms with Crippen molar-refractivity contribution in [1.82, 2.24) is 4.90 Å². The summed E-state index contributed by atoms with van der Waals surface area (Å²) in [6.07, 6.45) is 6.78. The highest BCUT2D eigenvalue weighted by molar-refractivity contribution is 5.76. The summed E-state index contributed by atoms with van der Waals surface area (Å²) < 4.78 is 0. The number of piperidine rings is 1. The summed E-state index contributed by atoms with van der Waals surface area (Å²) >= 11 is 0. The average Bonchev–Trinajstić information content (AvgIpc) is 2.19. The van der Waals surface area contributed by atoms with E-state index in [0.717, 1.165) is 38.3 Å². The van der Waals surface area contributed by atoms with Crippen molar-refractivity contribution in [2.24, 2.45) is 5.92 Å². The number of carbonyl (C=O) groups is 1. The van der Waals surface area contributed by atoms with Crippen LogP contribution in [0.2, 0.25) is 0 Å². The van der Waals surface area contributed by atoms with E-state index in [1.54, 1.807) is 0 Å². The molecule has 1 fully saturated rings. The van der Waals surface area contributed by atoms with Gasteiger partial charge in [0.2, 0.25) is 5.91 Å². The first-order valence-electron chi connectivity index (χ1n) is 6.05. The average molecular weight is 197 g/mol. The maximum atomic E-state index is 11.6. The van der Waals surface area contributed by atoms with E-state index in [4.69, 9.17) is 0 Å². The number of hydrogen-bond donors (Lipinski definition) is 0. The highest BCUT2D eigenvalue weighted by Gasteiger charge is 2.24. The molecule has 82 valence electrons. The molecule has 0 bridgehead atoms. The number of nitrogens with zero attached hydrogens (tertiary/aromatic N) is 1. The molecule has 1 saturated heterocycles. The Labute approximate surface area is 87.7 Å². The smallest absolute Gasteiger partial charge is 0.222 e. The van der Waals surface area contributed by atoms with Crippen molar-refractivity contribution in [2.45, 2.75) is 52.4 Å². The van der Waals surface area contributed by atoms with Gasteiger partial charge >= 0.3 is 0 Å². The van der Waals surface area contributed by atoms with Gasteiger partial charge in [-0.15, -0.1) is 0 Å². The monoisotopic (exact) mass is 197 g/mol. The summed E-state index contributed by atoms with van der Waals surface area (Å²) in [6, 6.07) is 0. The van der Waals surface area contributed by atoms with Crippen LogP contribution in [0.25, 0.3) is 0 Å². The second-order valence-corrected chi connectivity index (χ2v) is 4.39. The van der Waals surface area contributed by atoms with Gasteiger partial charge in [0.1, 0.15) is 0 Å². The standard InChI is InChI=1S/C12H23NO/c1-3-5-9-13-10-11(6-4-2)7-8-12(13)14/h11H,3-10H2,1-2H3. The van der Waals surface area contributed by atoms with Crippen molar-refractivity contribution >= 4 is 5.91 Å². The molecule has 2 heteroatoms. The van der Waals surface area contributed by atoms with E-state index in [9.17, 15) is 4.79 Å². The van der Waals surface area contributed by atoms with E-state index >= 15 is 0 Å². The fourth-order valence-corrected chi connectivity index (χ4v) is 2.20. The zero-order valence-corrected chi connectivity index (χ0v) is 9.59. The Balaban J connectivity index is 2.34. The summed E-state index contributed by atoms with van der Waals surface area (Å²) in [5.74, 6) is 1.15. The van der Waals surface area contributed by atoms with Gasteiger partial charge in [0.25, 0.3) is 0 Å². The van der Waals surface area contributed by atoms with Crippen LogP contribution < -0.4 is 0 Å². The topological polar surface area (TPSA) is 20.3 Å². The van der Waals surface area contributed by atoms with Crippen molar-refractivity contribution in [3.63, 3.8) is 0 Å². The van der Waals surface area contributed by atoms with E-state index in [1.165, 1.54) is 19.3 Å². The molecule has 1 heterocycles. The fourth-order valence-electron chi connectivity index (χ4n) is 2.20. The van der Waals surface area contributed by atoms with Crippen LogP contribution in [0, 0.1) is 5.92 Å². The molecule has 0 aliphatic carbocycles. The highest BCUT2D eigenvalue weighted by atomic mass is 16.2. The van der Waals surface area contributed by atoms with Gasteiger partial charge < -0.3 is 4.90 Å². The van der Waals surface area contributed by atoms with Crippen LogP contribution in [0.15, 0.2) is 0 Å². The molecule has 0 N–H and O–H groups in total. The first kappa shape index (κ1) is 11.5. The minimum absolute atomic E-state index is 0.380. The lowest BCUT2D eigenvalue weighted by Gasteiger charge is -2.32. The van der Waals surface area contributed by atoms with E-state index in [0.29, 0.717) is 5.91 Å². The molecular weight excluding hydrogens is 174 g/mol. The molecule has 0 spiro atoms. The Morgan fingerprint density at radius 2 is 2.14 bits per heavy atom. The van der Waals surface area contributed by atoms with Crippen LogP contribution >= 0.6 is 0 Å². The predicted octanol–water partition coefficient (Wildman–Crippen LogP) is 2.83. The molecular formula is C12H23NO. The molecule has 1 aliphatic rings. The van der Waals surface area contributed by atoms with Gasteiger partial charge in [0.15, 0.2) is 0 Å². The molecule has 1 atom stereocenters. The lowest BCUT2D eigenvalue weighted by atomic mass is 9.93. The summed E-state index contributed by atoms with van der Waals surface area (Å²) in [5.41, 5.74) is 0. The van der Waals surface area contributed by atoms with Crippen LogP contribution in [0.5, 0.6) is 0 Å². The Bertz CT molecular complexity index is 179. The van der Waals surface area contributed by atoms with Gasteiger partial charge in [-0.05, 0) is 25.2 Å². The number of likely N-dealkylation sites (tertiary alicyclic amines) is 1. The minimum atomic E-state index is 0.380. The Hall–Kier alpha value is -0.530. The Morgan fingerprint density at radius 1 is 1.36 bits per heavy atom. The number of hydrogen-bond acceptors (Lipinski definition) is 1. The van der Waals surface area contributed by atoms with Crippen molar-refractivity contribution < 1.29 is 4.79 Å². The van der Waals surface area contributed by atoms with Gasteiger partial charge in [-0.1, -0.05) is 26.7 Å². The molecule has 0 aromatic rings. The number of unbranched alkanes of at least 4 members (excludes halogenated alkanes) is 1. The Kier molecular flexibility index (Phi) is 4.99. The minimum Gasteiger partial charge on any atom is -0.342 e. The zero-order chi connectivity index (χ0) is 10.4. The van der Waals surface area contributed by atoms with Gasteiger partial charge in [0, 0.05) is 19.5 Å². The SMILES string of the molecule is CCCCN1CC(CCC)CCC1=O. The number of amides is 1. The maximum absolute atomic E-state index is 11.6. The van der Waals surface area contributed by atoms with Gasteiger partial charge in [-0.3, -0.25) is 4.79 Å². The third-order valence-electron chi connectivity index (χ3n) is 3.08. The molecule has 1 amide bonds.